The highest BCUT2D eigenvalue weighted by atomic mass is 32.1. The van der Waals surface area contributed by atoms with Crippen molar-refractivity contribution < 1.29 is 4.92 Å². The number of nitro benzene ring substituents is 1. The first-order valence-corrected chi connectivity index (χ1v) is 5.58. The molecule has 0 heterocycles. The summed E-state index contributed by atoms with van der Waals surface area (Å²) in [7, 11) is 0. The van der Waals surface area contributed by atoms with E-state index < -0.39 is 4.92 Å². The molecule has 0 unspecified atom stereocenters. The zero-order chi connectivity index (χ0) is 12.7. The van der Waals surface area contributed by atoms with Crippen LogP contribution in [0.3, 0.4) is 0 Å². The second kappa shape index (κ2) is 6.64. The molecular formula is C10H14N4O2S. The average molecular weight is 254 g/mol. The first-order chi connectivity index (χ1) is 8.13. The third-order valence-electron chi connectivity index (χ3n) is 1.91. The van der Waals surface area contributed by atoms with Gasteiger partial charge in [0.25, 0.3) is 5.69 Å². The number of hydrogen-bond donors (Lipinski definition) is 3. The van der Waals surface area contributed by atoms with Gasteiger partial charge >= 0.3 is 0 Å². The fraction of sp³-hybridized carbons (Fsp3) is 0.300. The second-order valence-corrected chi connectivity index (χ2v) is 3.72. The number of hydrogen-bond acceptors (Lipinski definition) is 4. The Balaban J connectivity index is 2.49. The van der Waals surface area contributed by atoms with E-state index in [0.717, 1.165) is 13.0 Å². The zero-order valence-electron chi connectivity index (χ0n) is 9.40. The predicted octanol–water partition coefficient (Wildman–Crippen LogP) is 1.80. The maximum atomic E-state index is 10.6. The van der Waals surface area contributed by atoms with E-state index in [4.69, 9.17) is 12.2 Å². The van der Waals surface area contributed by atoms with Crippen LogP contribution < -0.4 is 16.2 Å². The molecule has 0 atom stereocenters. The lowest BCUT2D eigenvalue weighted by Crippen LogP contribution is -2.39. The maximum absolute atomic E-state index is 10.6. The van der Waals surface area contributed by atoms with Crippen molar-refractivity contribution in [3.05, 3.63) is 34.4 Å². The molecule has 0 aliphatic carbocycles. The molecule has 6 nitrogen and oxygen atoms in total. The van der Waals surface area contributed by atoms with Gasteiger partial charge in [-0.1, -0.05) is 13.0 Å². The minimum atomic E-state index is -0.446. The molecule has 92 valence electrons. The van der Waals surface area contributed by atoms with Crippen LogP contribution in [0, 0.1) is 10.1 Å². The van der Waals surface area contributed by atoms with Crippen molar-refractivity contribution in [3.63, 3.8) is 0 Å². The minimum Gasteiger partial charge on any atom is -0.361 e. The third kappa shape index (κ3) is 4.64. The van der Waals surface area contributed by atoms with Crippen LogP contribution in [0.5, 0.6) is 0 Å². The highest BCUT2D eigenvalue weighted by Gasteiger charge is 2.05. The first-order valence-electron chi connectivity index (χ1n) is 5.17. The summed E-state index contributed by atoms with van der Waals surface area (Å²) in [4.78, 5) is 10.1. The summed E-state index contributed by atoms with van der Waals surface area (Å²) in [5, 5.41) is 14.0. The van der Waals surface area contributed by atoms with Gasteiger partial charge in [0.1, 0.15) is 0 Å². The van der Waals surface area contributed by atoms with E-state index >= 15 is 0 Å². The molecule has 0 aromatic heterocycles. The summed E-state index contributed by atoms with van der Waals surface area (Å²) < 4.78 is 0. The van der Waals surface area contributed by atoms with Crippen LogP contribution in [0.25, 0.3) is 0 Å². The van der Waals surface area contributed by atoms with Gasteiger partial charge in [0.2, 0.25) is 0 Å². The molecule has 0 saturated heterocycles. The Bertz CT molecular complexity index is 411. The van der Waals surface area contributed by atoms with Crippen LogP contribution in [-0.4, -0.2) is 16.6 Å². The number of anilines is 1. The van der Waals surface area contributed by atoms with Gasteiger partial charge in [-0.15, -0.1) is 0 Å². The molecule has 17 heavy (non-hydrogen) atoms. The van der Waals surface area contributed by atoms with E-state index in [2.05, 4.69) is 16.2 Å². The summed E-state index contributed by atoms with van der Waals surface area (Å²) in [6.45, 7) is 2.81. The van der Waals surface area contributed by atoms with E-state index in [0.29, 0.717) is 10.8 Å². The molecule has 1 aromatic rings. The lowest BCUT2D eigenvalue weighted by atomic mass is 10.3. The summed E-state index contributed by atoms with van der Waals surface area (Å²) in [6, 6.07) is 6.17. The molecule has 7 heteroatoms. The van der Waals surface area contributed by atoms with E-state index in [1.165, 1.54) is 12.1 Å². The standard InChI is InChI=1S/C10H14N4O2S/c1-2-6-11-10(17)13-12-8-4-3-5-9(7-8)14(15)16/h3-5,7,12H,2,6H2,1H3,(H2,11,13,17). The van der Waals surface area contributed by atoms with Gasteiger partial charge < -0.3 is 5.32 Å². The third-order valence-corrected chi connectivity index (χ3v) is 2.16. The minimum absolute atomic E-state index is 0.0317. The van der Waals surface area contributed by atoms with E-state index in [-0.39, 0.29) is 5.69 Å². The molecule has 1 rings (SSSR count). The van der Waals surface area contributed by atoms with Gasteiger partial charge in [-0.3, -0.25) is 21.0 Å². The van der Waals surface area contributed by atoms with Crippen molar-refractivity contribution in [2.24, 2.45) is 0 Å². The number of non-ortho nitro benzene ring substituents is 1. The summed E-state index contributed by atoms with van der Waals surface area (Å²) in [6.07, 6.45) is 0.971. The van der Waals surface area contributed by atoms with Crippen molar-refractivity contribution in [2.75, 3.05) is 12.0 Å². The molecule has 0 radical (unpaired) electrons. The Morgan fingerprint density at radius 3 is 2.94 bits per heavy atom. The van der Waals surface area contributed by atoms with Gasteiger partial charge in [0, 0.05) is 18.7 Å². The van der Waals surface area contributed by atoms with Crippen molar-refractivity contribution in [3.8, 4) is 0 Å². The topological polar surface area (TPSA) is 79.2 Å². The second-order valence-electron chi connectivity index (χ2n) is 3.31. The molecule has 0 fully saturated rings. The Morgan fingerprint density at radius 1 is 1.53 bits per heavy atom. The van der Waals surface area contributed by atoms with Crippen molar-refractivity contribution in [1.82, 2.24) is 10.7 Å². The van der Waals surface area contributed by atoms with Gasteiger partial charge in [-0.05, 0) is 24.7 Å². The van der Waals surface area contributed by atoms with Crippen molar-refractivity contribution in [1.29, 1.82) is 0 Å². The highest BCUT2D eigenvalue weighted by molar-refractivity contribution is 7.80. The van der Waals surface area contributed by atoms with Crippen LogP contribution in [0.2, 0.25) is 0 Å². The van der Waals surface area contributed by atoms with E-state index in [1.54, 1.807) is 12.1 Å². The van der Waals surface area contributed by atoms with E-state index in [9.17, 15) is 10.1 Å². The Kier molecular flexibility index (Phi) is 5.15. The van der Waals surface area contributed by atoms with Crippen LogP contribution in [-0.2, 0) is 0 Å². The SMILES string of the molecule is CCCNC(=S)NNc1cccc([N+](=O)[O-])c1. The molecular weight excluding hydrogens is 240 g/mol. The largest absolute Gasteiger partial charge is 0.361 e. The quantitative estimate of drug-likeness (QED) is 0.422. The molecule has 0 bridgehead atoms. The molecule has 1 aromatic carbocycles. The first kappa shape index (κ1) is 13.2. The Labute approximate surface area is 105 Å². The van der Waals surface area contributed by atoms with Crippen LogP contribution >= 0.6 is 12.2 Å². The Morgan fingerprint density at radius 2 is 2.29 bits per heavy atom. The fourth-order valence-electron chi connectivity index (χ4n) is 1.11. The predicted molar refractivity (Wildman–Crippen MR) is 70.7 cm³/mol. The number of nitro groups is 1. The van der Waals surface area contributed by atoms with Crippen LogP contribution in [0.4, 0.5) is 11.4 Å². The number of benzene rings is 1. The smallest absolute Gasteiger partial charge is 0.271 e. The monoisotopic (exact) mass is 254 g/mol. The van der Waals surface area contributed by atoms with Crippen molar-refractivity contribution >= 4 is 28.7 Å². The van der Waals surface area contributed by atoms with Crippen LogP contribution in [0.15, 0.2) is 24.3 Å². The number of nitrogens with zero attached hydrogens (tertiary/aromatic N) is 1. The normalized spacial score (nSPS) is 9.47. The van der Waals surface area contributed by atoms with Gasteiger partial charge in [0.15, 0.2) is 5.11 Å². The van der Waals surface area contributed by atoms with Crippen LogP contribution in [0.1, 0.15) is 13.3 Å². The molecule has 0 spiro atoms. The summed E-state index contributed by atoms with van der Waals surface area (Å²) >= 11 is 4.98. The lowest BCUT2D eigenvalue weighted by Gasteiger charge is -2.11. The molecule has 0 aliphatic rings. The zero-order valence-corrected chi connectivity index (χ0v) is 10.2. The number of thiocarbonyl (C=S) groups is 1. The summed E-state index contributed by atoms with van der Waals surface area (Å²) in [5.41, 5.74) is 6.15. The fourth-order valence-corrected chi connectivity index (χ4v) is 1.26. The van der Waals surface area contributed by atoms with Gasteiger partial charge in [0.05, 0.1) is 10.6 Å². The highest BCUT2D eigenvalue weighted by Crippen LogP contribution is 2.15. The number of hydrazine groups is 1. The maximum Gasteiger partial charge on any atom is 0.271 e. The molecule has 3 N–H and O–H groups in total. The molecule has 0 aliphatic heterocycles. The van der Waals surface area contributed by atoms with Gasteiger partial charge in [-0.2, -0.15) is 0 Å². The number of nitrogens with one attached hydrogen (secondary N) is 3. The van der Waals surface area contributed by atoms with Crippen molar-refractivity contribution in [2.45, 2.75) is 13.3 Å². The lowest BCUT2D eigenvalue weighted by molar-refractivity contribution is -0.384. The Hall–Kier alpha value is -1.89. The summed E-state index contributed by atoms with van der Waals surface area (Å²) in [5.74, 6) is 0. The van der Waals surface area contributed by atoms with E-state index in [1.807, 2.05) is 6.92 Å². The molecule has 0 saturated carbocycles. The molecule has 0 amide bonds. The van der Waals surface area contributed by atoms with Gasteiger partial charge in [-0.25, -0.2) is 0 Å². The average Bonchev–Trinajstić information content (AvgIpc) is 2.34. The number of rotatable bonds is 5.